The van der Waals surface area contributed by atoms with Gasteiger partial charge in [0.25, 0.3) is 11.7 Å². The molecule has 10 nitrogen and oxygen atoms in total. The van der Waals surface area contributed by atoms with Gasteiger partial charge in [-0.05, 0) is 12.1 Å². The summed E-state index contributed by atoms with van der Waals surface area (Å²) in [6, 6.07) is 3.00. The second kappa shape index (κ2) is 7.94. The van der Waals surface area contributed by atoms with Gasteiger partial charge >= 0.3 is 6.03 Å². The molecule has 0 saturated carbocycles. The van der Waals surface area contributed by atoms with E-state index in [4.69, 9.17) is 14.0 Å². The van der Waals surface area contributed by atoms with Crippen molar-refractivity contribution in [3.63, 3.8) is 0 Å². The van der Waals surface area contributed by atoms with Crippen LogP contribution in [0.4, 0.5) is 4.79 Å². The first-order valence-electron chi connectivity index (χ1n) is 6.84. The predicted molar refractivity (Wildman–Crippen MR) is 76.1 cm³/mol. The molecule has 0 radical (unpaired) electrons. The number of urea groups is 1. The number of rotatable bonds is 7. The summed E-state index contributed by atoms with van der Waals surface area (Å²) in [5, 5.41) is 17.5. The number of aromatic nitrogens is 2. The van der Waals surface area contributed by atoms with Crippen LogP contribution in [0.15, 0.2) is 27.3 Å². The molecule has 0 aromatic carbocycles. The molecule has 2 rings (SSSR count). The average molecular weight is 323 g/mol. The molecule has 23 heavy (non-hydrogen) atoms. The maximum Gasteiger partial charge on any atom is 0.318 e. The lowest BCUT2D eigenvalue weighted by Crippen LogP contribution is -2.40. The third kappa shape index (κ3) is 4.54. The molecule has 3 N–H and O–H groups in total. The van der Waals surface area contributed by atoms with Gasteiger partial charge in [-0.1, -0.05) is 5.16 Å². The summed E-state index contributed by atoms with van der Waals surface area (Å²) in [5.41, 5.74) is 0. The fourth-order valence-corrected chi connectivity index (χ4v) is 1.76. The van der Waals surface area contributed by atoms with Gasteiger partial charge in [0.1, 0.15) is 5.76 Å². The average Bonchev–Trinajstić information content (AvgIpc) is 3.23. The van der Waals surface area contributed by atoms with Crippen LogP contribution in [-0.4, -0.2) is 52.3 Å². The largest absolute Gasteiger partial charge is 0.467 e. The second-order valence-corrected chi connectivity index (χ2v) is 4.47. The number of carbonyl (C=O) groups excluding carboxylic acids is 2. The van der Waals surface area contributed by atoms with Gasteiger partial charge in [-0.2, -0.15) is 4.98 Å². The van der Waals surface area contributed by atoms with E-state index >= 15 is 0 Å². The molecule has 0 aliphatic rings. The van der Waals surface area contributed by atoms with E-state index in [1.807, 2.05) is 0 Å². The van der Waals surface area contributed by atoms with Gasteiger partial charge in [0, 0.05) is 13.6 Å². The Morgan fingerprint density at radius 1 is 1.43 bits per heavy atom. The minimum absolute atomic E-state index is 0.0388. The number of hydrogen-bond acceptors (Lipinski definition) is 7. The molecular formula is C13H17N5O5. The molecule has 0 bridgehead atoms. The van der Waals surface area contributed by atoms with Crippen LogP contribution < -0.4 is 10.6 Å². The van der Waals surface area contributed by atoms with Gasteiger partial charge in [-0.3, -0.25) is 4.79 Å². The number of carbonyl (C=O) groups is 2. The summed E-state index contributed by atoms with van der Waals surface area (Å²) >= 11 is 0. The Morgan fingerprint density at radius 3 is 2.91 bits per heavy atom. The Bertz CT molecular complexity index is 639. The van der Waals surface area contributed by atoms with Crippen LogP contribution in [0.25, 0.3) is 0 Å². The number of aliphatic hydroxyl groups excluding tert-OH is 1. The fraction of sp³-hybridized carbons (Fsp3) is 0.385. The Labute approximate surface area is 131 Å². The first-order valence-corrected chi connectivity index (χ1v) is 6.84. The van der Waals surface area contributed by atoms with Crippen LogP contribution in [0, 0.1) is 0 Å². The van der Waals surface area contributed by atoms with Crippen LogP contribution in [0.2, 0.25) is 0 Å². The topological polar surface area (TPSA) is 134 Å². The Kier molecular flexibility index (Phi) is 5.69. The van der Waals surface area contributed by atoms with Crippen molar-refractivity contribution >= 4 is 11.9 Å². The molecule has 0 aliphatic heterocycles. The van der Waals surface area contributed by atoms with Crippen molar-refractivity contribution in [3.8, 4) is 0 Å². The molecule has 0 aliphatic carbocycles. The van der Waals surface area contributed by atoms with Gasteiger partial charge in [0.05, 0.1) is 26.0 Å². The quantitative estimate of drug-likeness (QED) is 0.638. The zero-order valence-corrected chi connectivity index (χ0v) is 12.5. The molecule has 0 spiro atoms. The highest BCUT2D eigenvalue weighted by Crippen LogP contribution is 2.06. The van der Waals surface area contributed by atoms with Crippen molar-refractivity contribution in [1.82, 2.24) is 25.7 Å². The normalized spacial score (nSPS) is 10.3. The monoisotopic (exact) mass is 323 g/mol. The summed E-state index contributed by atoms with van der Waals surface area (Å²) in [6.07, 6.45) is 1.50. The molecule has 0 saturated heterocycles. The van der Waals surface area contributed by atoms with Crippen molar-refractivity contribution < 1.29 is 23.6 Å². The Morgan fingerprint density at radius 2 is 2.26 bits per heavy atom. The molecule has 0 fully saturated rings. The van der Waals surface area contributed by atoms with Crippen molar-refractivity contribution in [1.29, 1.82) is 0 Å². The fourth-order valence-electron chi connectivity index (χ4n) is 1.76. The van der Waals surface area contributed by atoms with Crippen LogP contribution in [-0.2, 0) is 13.1 Å². The van der Waals surface area contributed by atoms with Crippen molar-refractivity contribution in [2.24, 2.45) is 0 Å². The smallest absolute Gasteiger partial charge is 0.318 e. The molecule has 2 heterocycles. The van der Waals surface area contributed by atoms with E-state index in [2.05, 4.69) is 20.8 Å². The Balaban J connectivity index is 1.90. The van der Waals surface area contributed by atoms with E-state index in [1.165, 1.54) is 18.2 Å². The standard InChI is InChI=1S/C13H17N5O5/c1-14-12(20)11-16-10(23-17-11)7-15-13(21)18(4-5-19)8-9-3-2-6-22-9/h2-3,6,19H,4-5,7-8H2,1H3,(H,14,20)(H,15,21). The maximum atomic E-state index is 12.1. The van der Waals surface area contributed by atoms with E-state index in [1.54, 1.807) is 12.1 Å². The maximum absolute atomic E-state index is 12.1. The summed E-state index contributed by atoms with van der Waals surface area (Å²) in [7, 11) is 1.45. The molecule has 2 aromatic rings. The lowest BCUT2D eigenvalue weighted by molar-refractivity contribution is 0.0950. The summed E-state index contributed by atoms with van der Waals surface area (Å²) < 4.78 is 10.0. The van der Waals surface area contributed by atoms with Crippen molar-refractivity contribution in [3.05, 3.63) is 35.9 Å². The molecule has 2 aromatic heterocycles. The van der Waals surface area contributed by atoms with E-state index in [-0.39, 0.29) is 38.0 Å². The van der Waals surface area contributed by atoms with Crippen LogP contribution in [0.1, 0.15) is 22.3 Å². The minimum atomic E-state index is -0.481. The van der Waals surface area contributed by atoms with Crippen LogP contribution in [0.5, 0.6) is 0 Å². The molecule has 0 atom stereocenters. The van der Waals surface area contributed by atoms with Gasteiger partial charge in [0.2, 0.25) is 5.89 Å². The van der Waals surface area contributed by atoms with E-state index in [0.29, 0.717) is 5.76 Å². The number of nitrogens with one attached hydrogen (secondary N) is 2. The number of amides is 3. The first kappa shape index (κ1) is 16.5. The zero-order chi connectivity index (χ0) is 16.7. The van der Waals surface area contributed by atoms with Gasteiger partial charge in [0.15, 0.2) is 0 Å². The van der Waals surface area contributed by atoms with Gasteiger partial charge in [-0.15, -0.1) is 0 Å². The van der Waals surface area contributed by atoms with Crippen molar-refractivity contribution in [2.45, 2.75) is 13.1 Å². The van der Waals surface area contributed by atoms with Gasteiger partial charge in [-0.25, -0.2) is 4.79 Å². The lowest BCUT2D eigenvalue weighted by Gasteiger charge is -2.20. The molecule has 10 heteroatoms. The Hall–Kier alpha value is -2.88. The number of aliphatic hydroxyl groups is 1. The SMILES string of the molecule is CNC(=O)c1noc(CNC(=O)N(CCO)Cc2ccco2)n1. The molecule has 3 amide bonds. The first-order chi connectivity index (χ1) is 11.1. The van der Waals surface area contributed by atoms with E-state index in [9.17, 15) is 9.59 Å². The number of hydrogen-bond donors (Lipinski definition) is 3. The van der Waals surface area contributed by atoms with Crippen LogP contribution in [0.3, 0.4) is 0 Å². The summed E-state index contributed by atoms with van der Waals surface area (Å²) in [6.45, 7) is 0.130. The predicted octanol–water partition coefficient (Wildman–Crippen LogP) is -0.274. The van der Waals surface area contributed by atoms with Gasteiger partial charge < -0.3 is 29.6 Å². The highest BCUT2D eigenvalue weighted by Gasteiger charge is 2.17. The second-order valence-electron chi connectivity index (χ2n) is 4.47. The highest BCUT2D eigenvalue weighted by molar-refractivity contribution is 5.89. The van der Waals surface area contributed by atoms with Crippen LogP contribution >= 0.6 is 0 Å². The van der Waals surface area contributed by atoms with E-state index in [0.717, 1.165) is 0 Å². The number of nitrogens with zero attached hydrogens (tertiary/aromatic N) is 3. The summed E-state index contributed by atoms with van der Waals surface area (Å²) in [5.74, 6) is 0.0952. The number of furan rings is 1. The third-order valence-electron chi connectivity index (χ3n) is 2.87. The molecule has 124 valence electrons. The minimum Gasteiger partial charge on any atom is -0.467 e. The molecule has 0 unspecified atom stereocenters. The molecular weight excluding hydrogens is 306 g/mol. The van der Waals surface area contributed by atoms with Crippen molar-refractivity contribution in [2.75, 3.05) is 20.2 Å². The third-order valence-corrected chi connectivity index (χ3v) is 2.87. The highest BCUT2D eigenvalue weighted by atomic mass is 16.5. The lowest BCUT2D eigenvalue weighted by atomic mass is 10.4. The summed E-state index contributed by atoms with van der Waals surface area (Å²) in [4.78, 5) is 28.6. The zero-order valence-electron chi connectivity index (χ0n) is 12.5. The van der Waals surface area contributed by atoms with E-state index < -0.39 is 11.9 Å².